The number of aromatic nitrogens is 2. The molecule has 1 aliphatic rings. The molecule has 130 valence electrons. The van der Waals surface area contributed by atoms with Crippen molar-refractivity contribution in [2.75, 3.05) is 13.1 Å². The van der Waals surface area contributed by atoms with Gasteiger partial charge in [0.05, 0.1) is 6.54 Å². The SMILES string of the molecule is Cn1cccc1C(=O)NC1CCN(Cc2nc3ccccc3o2)CC1. The highest BCUT2D eigenvalue weighted by molar-refractivity contribution is 5.92. The van der Waals surface area contributed by atoms with Crippen molar-refractivity contribution in [3.05, 3.63) is 54.2 Å². The van der Waals surface area contributed by atoms with Crippen LogP contribution in [0.4, 0.5) is 0 Å². The highest BCUT2D eigenvalue weighted by Gasteiger charge is 2.23. The fourth-order valence-corrected chi connectivity index (χ4v) is 3.37. The molecule has 1 saturated heterocycles. The summed E-state index contributed by atoms with van der Waals surface area (Å²) in [6, 6.07) is 11.8. The highest BCUT2D eigenvalue weighted by atomic mass is 16.3. The van der Waals surface area contributed by atoms with Crippen molar-refractivity contribution in [2.45, 2.75) is 25.4 Å². The van der Waals surface area contributed by atoms with Crippen LogP contribution in [-0.2, 0) is 13.6 Å². The highest BCUT2D eigenvalue weighted by Crippen LogP contribution is 2.18. The van der Waals surface area contributed by atoms with Crippen molar-refractivity contribution in [1.29, 1.82) is 0 Å². The minimum absolute atomic E-state index is 0.00454. The van der Waals surface area contributed by atoms with Crippen molar-refractivity contribution in [3.8, 4) is 0 Å². The number of carbonyl (C=O) groups excluding carboxylic acids is 1. The van der Waals surface area contributed by atoms with Crippen LogP contribution in [0.2, 0.25) is 0 Å². The second-order valence-electron chi connectivity index (χ2n) is 6.60. The van der Waals surface area contributed by atoms with Crippen LogP contribution in [-0.4, -0.2) is 39.5 Å². The van der Waals surface area contributed by atoms with Gasteiger partial charge in [-0.05, 0) is 37.1 Å². The standard InChI is InChI=1S/C19H22N4O2/c1-22-10-4-6-16(22)19(24)20-14-8-11-23(12-9-14)13-18-21-15-5-2-3-7-17(15)25-18/h2-7,10,14H,8-9,11-13H2,1H3,(H,20,24). The third-order valence-electron chi connectivity index (χ3n) is 4.80. The van der Waals surface area contributed by atoms with E-state index in [4.69, 9.17) is 4.42 Å². The molecule has 25 heavy (non-hydrogen) atoms. The molecule has 0 aliphatic carbocycles. The van der Waals surface area contributed by atoms with Gasteiger partial charge in [0, 0.05) is 32.4 Å². The van der Waals surface area contributed by atoms with Gasteiger partial charge in [-0.3, -0.25) is 9.69 Å². The number of benzene rings is 1. The van der Waals surface area contributed by atoms with E-state index in [2.05, 4.69) is 15.2 Å². The van der Waals surface area contributed by atoms with Gasteiger partial charge in [-0.1, -0.05) is 12.1 Å². The molecule has 1 amide bonds. The molecular weight excluding hydrogens is 316 g/mol. The number of nitrogens with one attached hydrogen (secondary N) is 1. The van der Waals surface area contributed by atoms with Crippen molar-refractivity contribution < 1.29 is 9.21 Å². The molecule has 0 unspecified atom stereocenters. The van der Waals surface area contributed by atoms with E-state index in [0.717, 1.165) is 42.9 Å². The number of piperidine rings is 1. The summed E-state index contributed by atoms with van der Waals surface area (Å²) >= 11 is 0. The smallest absolute Gasteiger partial charge is 0.268 e. The van der Waals surface area contributed by atoms with E-state index in [0.29, 0.717) is 12.2 Å². The summed E-state index contributed by atoms with van der Waals surface area (Å²) in [6.45, 7) is 2.57. The van der Waals surface area contributed by atoms with E-state index < -0.39 is 0 Å². The molecule has 0 atom stereocenters. The first-order valence-corrected chi connectivity index (χ1v) is 8.68. The molecule has 2 aromatic heterocycles. The minimum atomic E-state index is 0.00454. The third-order valence-corrected chi connectivity index (χ3v) is 4.80. The zero-order valence-electron chi connectivity index (χ0n) is 14.3. The van der Waals surface area contributed by atoms with Gasteiger partial charge >= 0.3 is 0 Å². The Labute approximate surface area is 146 Å². The van der Waals surface area contributed by atoms with Crippen molar-refractivity contribution in [3.63, 3.8) is 0 Å². The first-order valence-electron chi connectivity index (χ1n) is 8.68. The molecule has 0 saturated carbocycles. The zero-order valence-corrected chi connectivity index (χ0v) is 14.3. The summed E-state index contributed by atoms with van der Waals surface area (Å²) in [5.41, 5.74) is 2.44. The maximum Gasteiger partial charge on any atom is 0.268 e. The van der Waals surface area contributed by atoms with Gasteiger partial charge in [0.15, 0.2) is 5.58 Å². The predicted octanol–water partition coefficient (Wildman–Crippen LogP) is 2.56. The van der Waals surface area contributed by atoms with Crippen LogP contribution in [0.15, 0.2) is 47.0 Å². The number of nitrogens with zero attached hydrogens (tertiary/aromatic N) is 3. The van der Waals surface area contributed by atoms with E-state index in [-0.39, 0.29) is 11.9 Å². The molecule has 0 bridgehead atoms. The third kappa shape index (κ3) is 3.44. The average molecular weight is 338 g/mol. The Bertz CT molecular complexity index is 841. The number of rotatable bonds is 4. The lowest BCUT2D eigenvalue weighted by Crippen LogP contribution is -2.44. The van der Waals surface area contributed by atoms with Crippen LogP contribution in [0.25, 0.3) is 11.1 Å². The maximum atomic E-state index is 12.3. The number of fused-ring (bicyclic) bond motifs is 1. The Morgan fingerprint density at radius 2 is 2.04 bits per heavy atom. The number of oxazole rings is 1. The quantitative estimate of drug-likeness (QED) is 0.794. The molecule has 0 spiro atoms. The van der Waals surface area contributed by atoms with Crippen LogP contribution in [0, 0.1) is 0 Å². The van der Waals surface area contributed by atoms with Crippen molar-refractivity contribution in [2.24, 2.45) is 7.05 Å². The van der Waals surface area contributed by atoms with Gasteiger partial charge in [0.25, 0.3) is 5.91 Å². The summed E-state index contributed by atoms with van der Waals surface area (Å²) in [5, 5.41) is 3.14. The molecule has 0 radical (unpaired) electrons. The predicted molar refractivity (Wildman–Crippen MR) is 95.2 cm³/mol. The monoisotopic (exact) mass is 338 g/mol. The van der Waals surface area contributed by atoms with Crippen LogP contribution in [0.3, 0.4) is 0 Å². The number of hydrogen-bond acceptors (Lipinski definition) is 4. The topological polar surface area (TPSA) is 63.3 Å². The number of likely N-dealkylation sites (tertiary alicyclic amines) is 1. The fourth-order valence-electron chi connectivity index (χ4n) is 3.37. The summed E-state index contributed by atoms with van der Waals surface area (Å²) in [5.74, 6) is 0.761. The summed E-state index contributed by atoms with van der Waals surface area (Å²) < 4.78 is 7.64. The van der Waals surface area contributed by atoms with Gasteiger partial charge in [0.1, 0.15) is 11.2 Å². The number of amides is 1. The van der Waals surface area contributed by atoms with E-state index in [9.17, 15) is 4.79 Å². The maximum absolute atomic E-state index is 12.3. The van der Waals surface area contributed by atoms with Gasteiger partial charge in [-0.25, -0.2) is 4.98 Å². The van der Waals surface area contributed by atoms with Crippen LogP contribution >= 0.6 is 0 Å². The second-order valence-corrected chi connectivity index (χ2v) is 6.60. The van der Waals surface area contributed by atoms with Gasteiger partial charge in [-0.2, -0.15) is 0 Å². The van der Waals surface area contributed by atoms with E-state index >= 15 is 0 Å². The second kappa shape index (κ2) is 6.72. The molecule has 3 aromatic rings. The van der Waals surface area contributed by atoms with Crippen molar-refractivity contribution in [1.82, 2.24) is 19.8 Å². The molecule has 6 heteroatoms. The van der Waals surface area contributed by atoms with E-state index in [1.165, 1.54) is 0 Å². The fraction of sp³-hybridized carbons (Fsp3) is 0.368. The van der Waals surface area contributed by atoms with Crippen LogP contribution < -0.4 is 5.32 Å². The van der Waals surface area contributed by atoms with Gasteiger partial charge in [-0.15, -0.1) is 0 Å². The lowest BCUT2D eigenvalue weighted by atomic mass is 10.0. The lowest BCUT2D eigenvalue weighted by molar-refractivity contribution is 0.0897. The number of para-hydroxylation sites is 2. The van der Waals surface area contributed by atoms with E-state index in [1.807, 2.05) is 54.2 Å². The van der Waals surface area contributed by atoms with Crippen LogP contribution in [0.1, 0.15) is 29.2 Å². The summed E-state index contributed by atoms with van der Waals surface area (Å²) in [4.78, 5) is 19.2. The van der Waals surface area contributed by atoms with Gasteiger partial charge in [0.2, 0.25) is 5.89 Å². The number of hydrogen-bond donors (Lipinski definition) is 1. The molecule has 1 aliphatic heterocycles. The van der Waals surface area contributed by atoms with Crippen LogP contribution in [0.5, 0.6) is 0 Å². The van der Waals surface area contributed by atoms with Crippen molar-refractivity contribution >= 4 is 17.0 Å². The average Bonchev–Trinajstić information content (AvgIpc) is 3.22. The Kier molecular flexibility index (Phi) is 4.28. The Morgan fingerprint density at radius 1 is 1.24 bits per heavy atom. The molecule has 1 N–H and O–H groups in total. The molecule has 1 fully saturated rings. The first-order chi connectivity index (χ1) is 12.2. The first kappa shape index (κ1) is 15.9. The normalized spacial score (nSPS) is 16.4. The summed E-state index contributed by atoms with van der Waals surface area (Å²) in [6.07, 6.45) is 3.77. The minimum Gasteiger partial charge on any atom is -0.439 e. The largest absolute Gasteiger partial charge is 0.439 e. The molecular formula is C19H22N4O2. The van der Waals surface area contributed by atoms with Gasteiger partial charge < -0.3 is 14.3 Å². The zero-order chi connectivity index (χ0) is 17.2. The molecule has 1 aromatic carbocycles. The molecule has 3 heterocycles. The lowest BCUT2D eigenvalue weighted by Gasteiger charge is -2.31. The number of aryl methyl sites for hydroxylation is 1. The Morgan fingerprint density at radius 3 is 2.76 bits per heavy atom. The van der Waals surface area contributed by atoms with E-state index in [1.54, 1.807) is 0 Å². The Balaban J connectivity index is 1.31. The molecule has 4 rings (SSSR count). The number of carbonyl (C=O) groups is 1. The summed E-state index contributed by atoms with van der Waals surface area (Å²) in [7, 11) is 1.89. The molecule has 6 nitrogen and oxygen atoms in total. The Hall–Kier alpha value is -2.60.